The Balaban J connectivity index is 1.84. The van der Waals surface area contributed by atoms with E-state index in [9.17, 15) is 4.79 Å². The Morgan fingerprint density at radius 1 is 1.27 bits per heavy atom. The predicted molar refractivity (Wildman–Crippen MR) is 92.2 cm³/mol. The van der Waals surface area contributed by atoms with Gasteiger partial charge in [0, 0.05) is 10.6 Å². The highest BCUT2D eigenvalue weighted by molar-refractivity contribution is 7.98. The van der Waals surface area contributed by atoms with Crippen LogP contribution in [0.3, 0.4) is 0 Å². The van der Waals surface area contributed by atoms with E-state index in [1.54, 1.807) is 11.8 Å². The van der Waals surface area contributed by atoms with Crippen LogP contribution in [-0.4, -0.2) is 12.2 Å². The van der Waals surface area contributed by atoms with Gasteiger partial charge < -0.3 is 11.1 Å². The molecule has 3 rings (SSSR count). The number of nitrogen functional groups attached to an aromatic ring is 1. The summed E-state index contributed by atoms with van der Waals surface area (Å²) >= 11 is 1.60. The molecule has 3 N–H and O–H groups in total. The molecule has 1 aliphatic carbocycles. The lowest BCUT2D eigenvalue weighted by molar-refractivity contribution is 0.0930. The first-order valence-corrected chi connectivity index (χ1v) is 8.73. The van der Waals surface area contributed by atoms with Crippen LogP contribution in [0.2, 0.25) is 0 Å². The summed E-state index contributed by atoms with van der Waals surface area (Å²) in [4.78, 5) is 13.6. The molecule has 22 heavy (non-hydrogen) atoms. The van der Waals surface area contributed by atoms with Gasteiger partial charge in [0.2, 0.25) is 0 Å². The third-order valence-electron chi connectivity index (χ3n) is 4.14. The summed E-state index contributed by atoms with van der Waals surface area (Å²) in [6, 6.07) is 13.8. The van der Waals surface area contributed by atoms with E-state index in [1.165, 1.54) is 11.1 Å². The second kappa shape index (κ2) is 6.44. The summed E-state index contributed by atoms with van der Waals surface area (Å²) in [5.74, 6) is -0.000347. The number of nitrogens with one attached hydrogen (secondary N) is 1. The Bertz CT molecular complexity index is 699. The summed E-state index contributed by atoms with van der Waals surface area (Å²) in [7, 11) is 0. The van der Waals surface area contributed by atoms with Gasteiger partial charge in [0.1, 0.15) is 0 Å². The molecule has 4 heteroatoms. The molecule has 114 valence electrons. The van der Waals surface area contributed by atoms with Crippen molar-refractivity contribution in [2.45, 2.75) is 30.2 Å². The molecule has 0 fully saturated rings. The molecule has 0 saturated heterocycles. The smallest absolute Gasteiger partial charge is 0.252 e. The summed E-state index contributed by atoms with van der Waals surface area (Å²) in [5, 5.41) is 3.19. The highest BCUT2D eigenvalue weighted by Crippen LogP contribution is 2.31. The van der Waals surface area contributed by atoms with Gasteiger partial charge in [0.05, 0.1) is 11.6 Å². The van der Waals surface area contributed by atoms with Crippen LogP contribution in [0.15, 0.2) is 47.4 Å². The summed E-state index contributed by atoms with van der Waals surface area (Å²) in [6.45, 7) is 0. The number of carbonyl (C=O) groups excluding carboxylic acids is 1. The first-order chi connectivity index (χ1) is 10.7. The van der Waals surface area contributed by atoms with Crippen molar-refractivity contribution in [1.82, 2.24) is 5.32 Å². The number of hydrogen-bond donors (Lipinski definition) is 2. The van der Waals surface area contributed by atoms with E-state index in [4.69, 9.17) is 5.73 Å². The molecule has 2 aromatic rings. The number of hydrogen-bond acceptors (Lipinski definition) is 3. The summed E-state index contributed by atoms with van der Waals surface area (Å²) in [6.07, 6.45) is 5.08. The van der Waals surface area contributed by atoms with Gasteiger partial charge in [-0.25, -0.2) is 0 Å². The highest BCUT2D eigenvalue weighted by Gasteiger charge is 2.23. The van der Waals surface area contributed by atoms with Crippen molar-refractivity contribution >= 4 is 23.4 Å². The van der Waals surface area contributed by atoms with Crippen molar-refractivity contribution in [3.05, 3.63) is 59.2 Å². The van der Waals surface area contributed by atoms with Gasteiger partial charge in [-0.15, -0.1) is 11.8 Å². The van der Waals surface area contributed by atoms with Crippen LogP contribution in [0.5, 0.6) is 0 Å². The number of fused-ring (bicyclic) bond motifs is 1. The molecule has 0 heterocycles. The Hall–Kier alpha value is -1.94. The minimum absolute atomic E-state index is 0.000347. The number of nitrogens with two attached hydrogens (primary N) is 1. The lowest BCUT2D eigenvalue weighted by Gasteiger charge is -2.27. The molecule has 0 aliphatic heterocycles. The van der Waals surface area contributed by atoms with Gasteiger partial charge in [-0.1, -0.05) is 18.2 Å². The maximum absolute atomic E-state index is 12.6. The molecule has 0 bridgehead atoms. The minimum Gasteiger partial charge on any atom is -0.399 e. The maximum Gasteiger partial charge on any atom is 0.252 e. The fourth-order valence-corrected chi connectivity index (χ4v) is 3.65. The lowest BCUT2D eigenvalue weighted by Crippen LogP contribution is -2.31. The molecular weight excluding hydrogens is 292 g/mol. The van der Waals surface area contributed by atoms with Gasteiger partial charge in [0.15, 0.2) is 0 Å². The van der Waals surface area contributed by atoms with E-state index in [2.05, 4.69) is 11.4 Å². The van der Waals surface area contributed by atoms with Crippen LogP contribution >= 0.6 is 11.8 Å². The van der Waals surface area contributed by atoms with Crippen molar-refractivity contribution in [3.8, 4) is 0 Å². The molecule has 3 nitrogen and oxygen atoms in total. The normalized spacial score (nSPS) is 16.9. The Labute approximate surface area is 135 Å². The molecule has 2 aromatic carbocycles. The quantitative estimate of drug-likeness (QED) is 0.669. The maximum atomic E-state index is 12.6. The van der Waals surface area contributed by atoms with Crippen LogP contribution in [0.4, 0.5) is 5.69 Å². The number of amides is 1. The fraction of sp³-hybridized carbons (Fsp3) is 0.278. The molecule has 1 atom stereocenters. The molecule has 1 aliphatic rings. The van der Waals surface area contributed by atoms with Gasteiger partial charge in [-0.05, 0) is 60.9 Å². The Kier molecular flexibility index (Phi) is 4.39. The number of thioether (sulfide) groups is 1. The summed E-state index contributed by atoms with van der Waals surface area (Å²) in [5.41, 5.74) is 9.87. The van der Waals surface area contributed by atoms with Crippen LogP contribution in [0, 0.1) is 0 Å². The van der Waals surface area contributed by atoms with Crippen LogP contribution in [0.25, 0.3) is 0 Å². The molecule has 1 unspecified atom stereocenters. The fourth-order valence-electron chi connectivity index (χ4n) is 3.05. The van der Waals surface area contributed by atoms with E-state index in [0.29, 0.717) is 0 Å². The van der Waals surface area contributed by atoms with Crippen LogP contribution < -0.4 is 11.1 Å². The number of aryl methyl sites for hydroxylation is 1. The second-order valence-corrected chi connectivity index (χ2v) is 6.42. The van der Waals surface area contributed by atoms with Crippen molar-refractivity contribution in [1.29, 1.82) is 0 Å². The number of benzene rings is 2. The van der Waals surface area contributed by atoms with Gasteiger partial charge in [-0.3, -0.25) is 4.79 Å². The first-order valence-electron chi connectivity index (χ1n) is 7.51. The summed E-state index contributed by atoms with van der Waals surface area (Å²) < 4.78 is 0. The van der Waals surface area contributed by atoms with Crippen molar-refractivity contribution in [2.75, 3.05) is 12.0 Å². The van der Waals surface area contributed by atoms with Crippen molar-refractivity contribution in [3.63, 3.8) is 0 Å². The van der Waals surface area contributed by atoms with E-state index in [0.717, 1.165) is 35.4 Å². The standard InChI is InChI=1S/C18H20N2OS/c1-22-17-8-3-2-6-15(17)18(21)20-16-7-4-5-12-11-13(19)9-10-14(12)16/h2-3,6,8-11,16H,4-5,7,19H2,1H3,(H,20,21). The molecule has 0 saturated carbocycles. The molecule has 0 radical (unpaired) electrons. The van der Waals surface area contributed by atoms with Gasteiger partial charge in [0.25, 0.3) is 5.91 Å². The average Bonchev–Trinajstić information content (AvgIpc) is 2.54. The third kappa shape index (κ3) is 2.97. The highest BCUT2D eigenvalue weighted by atomic mass is 32.2. The minimum atomic E-state index is -0.000347. The van der Waals surface area contributed by atoms with Crippen molar-refractivity contribution < 1.29 is 4.79 Å². The zero-order valence-electron chi connectivity index (χ0n) is 12.6. The predicted octanol–water partition coefficient (Wildman–Crippen LogP) is 3.80. The number of rotatable bonds is 3. The zero-order valence-corrected chi connectivity index (χ0v) is 13.5. The molecule has 1 amide bonds. The number of carbonyl (C=O) groups is 1. The van der Waals surface area contributed by atoms with E-state index >= 15 is 0 Å². The number of anilines is 1. The van der Waals surface area contributed by atoms with Crippen LogP contribution in [-0.2, 0) is 6.42 Å². The third-order valence-corrected chi connectivity index (χ3v) is 4.93. The SMILES string of the molecule is CSc1ccccc1C(=O)NC1CCCc2cc(N)ccc21. The van der Waals surface area contributed by atoms with Gasteiger partial charge in [-0.2, -0.15) is 0 Å². The Morgan fingerprint density at radius 3 is 2.91 bits per heavy atom. The van der Waals surface area contributed by atoms with Crippen LogP contribution in [0.1, 0.15) is 40.4 Å². The van der Waals surface area contributed by atoms with Gasteiger partial charge >= 0.3 is 0 Å². The molecule has 0 aromatic heterocycles. The topological polar surface area (TPSA) is 55.1 Å². The monoisotopic (exact) mass is 312 g/mol. The first kappa shape index (κ1) is 15.0. The molecular formula is C18H20N2OS. The van der Waals surface area contributed by atoms with E-state index in [-0.39, 0.29) is 11.9 Å². The van der Waals surface area contributed by atoms with Crippen molar-refractivity contribution in [2.24, 2.45) is 0 Å². The Morgan fingerprint density at radius 2 is 2.09 bits per heavy atom. The lowest BCUT2D eigenvalue weighted by atomic mass is 9.87. The second-order valence-electron chi connectivity index (χ2n) is 5.58. The van der Waals surface area contributed by atoms with E-state index in [1.807, 2.05) is 42.7 Å². The van der Waals surface area contributed by atoms with E-state index < -0.39 is 0 Å². The molecule has 0 spiro atoms. The zero-order chi connectivity index (χ0) is 15.5. The largest absolute Gasteiger partial charge is 0.399 e. The average molecular weight is 312 g/mol.